The zero-order valence-corrected chi connectivity index (χ0v) is 16.3. The smallest absolute Gasteiger partial charge is 0.242 e. The van der Waals surface area contributed by atoms with E-state index in [0.29, 0.717) is 6.04 Å². The van der Waals surface area contributed by atoms with Gasteiger partial charge in [-0.1, -0.05) is 72.8 Å². The minimum absolute atomic E-state index is 0.158. The van der Waals surface area contributed by atoms with E-state index in [1.54, 1.807) is 0 Å². The Kier molecular flexibility index (Phi) is 6.20. The molecule has 2 aliphatic rings. The lowest BCUT2D eigenvalue weighted by Gasteiger charge is -2.38. The highest BCUT2D eigenvalue weighted by molar-refractivity contribution is 5.83. The summed E-state index contributed by atoms with van der Waals surface area (Å²) in [6, 6.07) is 20.8. The molecule has 0 bridgehead atoms. The maximum atomic E-state index is 12.9. The molecule has 1 N–H and O–H groups in total. The molecule has 1 heterocycles. The first-order chi connectivity index (χ1) is 13.8. The second-order valence-corrected chi connectivity index (χ2v) is 7.75. The lowest BCUT2D eigenvalue weighted by atomic mass is 10.0. The summed E-state index contributed by atoms with van der Waals surface area (Å²) in [6.07, 6.45) is 6.66. The molecule has 1 amide bonds. The van der Waals surface area contributed by atoms with Gasteiger partial charge in [-0.25, -0.2) is 0 Å². The van der Waals surface area contributed by atoms with Crippen LogP contribution in [0.3, 0.4) is 0 Å². The Morgan fingerprint density at radius 1 is 0.964 bits per heavy atom. The van der Waals surface area contributed by atoms with Gasteiger partial charge in [0.05, 0.1) is 0 Å². The van der Waals surface area contributed by atoms with Gasteiger partial charge in [-0.3, -0.25) is 14.6 Å². The largest absolute Gasteiger partial charge is 0.352 e. The van der Waals surface area contributed by atoms with Crippen molar-refractivity contribution in [1.82, 2.24) is 15.1 Å². The summed E-state index contributed by atoms with van der Waals surface area (Å²) in [4.78, 5) is 17.7. The summed E-state index contributed by atoms with van der Waals surface area (Å²) in [5.41, 5.74) is 2.33. The predicted molar refractivity (Wildman–Crippen MR) is 114 cm³/mol. The topological polar surface area (TPSA) is 35.6 Å². The summed E-state index contributed by atoms with van der Waals surface area (Å²) in [5.74, 6) is 0.158. The van der Waals surface area contributed by atoms with Gasteiger partial charge in [0, 0.05) is 38.8 Å². The van der Waals surface area contributed by atoms with Crippen LogP contribution in [0.4, 0.5) is 0 Å². The van der Waals surface area contributed by atoms with Gasteiger partial charge in [-0.05, 0) is 24.0 Å². The number of hydrogen-bond donors (Lipinski definition) is 1. The summed E-state index contributed by atoms with van der Waals surface area (Å²) in [6.45, 7) is 4.75. The number of piperazine rings is 1. The molecular formula is C24H29N3O. The SMILES string of the molecule is O=C(NC1CC1)C(c1ccccc1)N1CCN(CC=Cc2ccccc2)CC1. The molecule has 0 spiro atoms. The highest BCUT2D eigenvalue weighted by Crippen LogP contribution is 2.25. The molecular weight excluding hydrogens is 346 g/mol. The second kappa shape index (κ2) is 9.18. The van der Waals surface area contributed by atoms with Crippen LogP contribution in [0.2, 0.25) is 0 Å². The maximum Gasteiger partial charge on any atom is 0.242 e. The highest BCUT2D eigenvalue weighted by atomic mass is 16.2. The van der Waals surface area contributed by atoms with Gasteiger partial charge in [-0.15, -0.1) is 0 Å². The van der Waals surface area contributed by atoms with Crippen molar-refractivity contribution in [2.24, 2.45) is 0 Å². The van der Waals surface area contributed by atoms with Crippen molar-refractivity contribution < 1.29 is 4.79 Å². The number of carbonyl (C=O) groups is 1. The summed E-state index contributed by atoms with van der Waals surface area (Å²) in [5, 5.41) is 3.21. The van der Waals surface area contributed by atoms with Crippen LogP contribution in [0, 0.1) is 0 Å². The number of benzene rings is 2. The fraction of sp³-hybridized carbons (Fsp3) is 0.375. The van der Waals surface area contributed by atoms with E-state index in [4.69, 9.17) is 0 Å². The van der Waals surface area contributed by atoms with E-state index in [9.17, 15) is 4.79 Å². The van der Waals surface area contributed by atoms with E-state index >= 15 is 0 Å². The zero-order valence-electron chi connectivity index (χ0n) is 16.3. The number of nitrogens with zero attached hydrogens (tertiary/aromatic N) is 2. The van der Waals surface area contributed by atoms with Crippen molar-refractivity contribution in [3.63, 3.8) is 0 Å². The fourth-order valence-corrected chi connectivity index (χ4v) is 3.78. The van der Waals surface area contributed by atoms with Crippen LogP contribution in [-0.4, -0.2) is 54.5 Å². The van der Waals surface area contributed by atoms with Crippen LogP contribution in [-0.2, 0) is 4.79 Å². The van der Waals surface area contributed by atoms with Gasteiger partial charge in [0.15, 0.2) is 0 Å². The van der Waals surface area contributed by atoms with Crippen LogP contribution in [0.25, 0.3) is 6.08 Å². The molecule has 4 nitrogen and oxygen atoms in total. The average Bonchev–Trinajstić information content (AvgIpc) is 3.55. The minimum atomic E-state index is -0.177. The van der Waals surface area contributed by atoms with Crippen LogP contribution in [0.1, 0.15) is 30.0 Å². The normalized spacial score (nSPS) is 19.6. The highest BCUT2D eigenvalue weighted by Gasteiger charge is 2.33. The molecule has 1 aliphatic carbocycles. The van der Waals surface area contributed by atoms with Crippen LogP contribution >= 0.6 is 0 Å². The lowest BCUT2D eigenvalue weighted by molar-refractivity contribution is -0.127. The van der Waals surface area contributed by atoms with Crippen LogP contribution < -0.4 is 5.32 Å². The van der Waals surface area contributed by atoms with Crippen molar-refractivity contribution >= 4 is 12.0 Å². The van der Waals surface area contributed by atoms with E-state index < -0.39 is 0 Å². The van der Waals surface area contributed by atoms with Gasteiger partial charge < -0.3 is 5.32 Å². The monoisotopic (exact) mass is 375 g/mol. The van der Waals surface area contributed by atoms with Crippen molar-refractivity contribution in [2.45, 2.75) is 24.9 Å². The number of carbonyl (C=O) groups excluding carboxylic acids is 1. The van der Waals surface area contributed by atoms with E-state index in [2.05, 4.69) is 63.7 Å². The van der Waals surface area contributed by atoms with Crippen LogP contribution in [0.5, 0.6) is 0 Å². The molecule has 0 radical (unpaired) electrons. The first-order valence-corrected chi connectivity index (χ1v) is 10.3. The van der Waals surface area contributed by atoms with Gasteiger partial charge in [-0.2, -0.15) is 0 Å². The Labute approximate surface area is 167 Å². The number of nitrogens with one attached hydrogen (secondary N) is 1. The predicted octanol–water partition coefficient (Wildman–Crippen LogP) is 3.34. The third-order valence-corrected chi connectivity index (χ3v) is 5.53. The number of amides is 1. The molecule has 28 heavy (non-hydrogen) atoms. The van der Waals surface area contributed by atoms with E-state index in [0.717, 1.165) is 51.1 Å². The van der Waals surface area contributed by atoms with Gasteiger partial charge in [0.1, 0.15) is 6.04 Å². The Balaban J connectivity index is 1.34. The first-order valence-electron chi connectivity index (χ1n) is 10.3. The molecule has 0 aromatic heterocycles. The Morgan fingerprint density at radius 3 is 2.25 bits per heavy atom. The number of hydrogen-bond acceptors (Lipinski definition) is 3. The molecule has 1 saturated heterocycles. The summed E-state index contributed by atoms with van der Waals surface area (Å²) >= 11 is 0. The zero-order chi connectivity index (χ0) is 19.2. The molecule has 146 valence electrons. The van der Waals surface area contributed by atoms with E-state index in [1.165, 1.54) is 5.56 Å². The maximum absolute atomic E-state index is 12.9. The summed E-state index contributed by atoms with van der Waals surface area (Å²) < 4.78 is 0. The average molecular weight is 376 g/mol. The third-order valence-electron chi connectivity index (χ3n) is 5.53. The lowest BCUT2D eigenvalue weighted by Crippen LogP contribution is -2.51. The van der Waals surface area contributed by atoms with E-state index in [-0.39, 0.29) is 11.9 Å². The molecule has 1 unspecified atom stereocenters. The molecule has 4 rings (SSSR count). The van der Waals surface area contributed by atoms with Gasteiger partial charge >= 0.3 is 0 Å². The Bertz CT molecular complexity index is 778. The minimum Gasteiger partial charge on any atom is -0.352 e. The molecule has 4 heteroatoms. The standard InChI is InChI=1S/C24H29N3O/c28-24(25-22-13-14-22)23(21-11-5-2-6-12-21)27-18-16-26(17-19-27)15-7-10-20-8-3-1-4-9-20/h1-12,22-23H,13-19H2,(H,25,28). The third kappa shape index (κ3) is 5.09. The molecule has 2 aromatic rings. The fourth-order valence-electron chi connectivity index (χ4n) is 3.78. The van der Waals surface area contributed by atoms with E-state index in [1.807, 2.05) is 24.3 Å². The second-order valence-electron chi connectivity index (χ2n) is 7.75. The van der Waals surface area contributed by atoms with Crippen molar-refractivity contribution in [3.8, 4) is 0 Å². The van der Waals surface area contributed by atoms with Gasteiger partial charge in [0.2, 0.25) is 5.91 Å². The van der Waals surface area contributed by atoms with Crippen molar-refractivity contribution in [2.75, 3.05) is 32.7 Å². The molecule has 2 aromatic carbocycles. The Hall–Kier alpha value is -2.43. The van der Waals surface area contributed by atoms with Crippen molar-refractivity contribution in [1.29, 1.82) is 0 Å². The van der Waals surface area contributed by atoms with Crippen LogP contribution in [0.15, 0.2) is 66.7 Å². The molecule has 2 fully saturated rings. The molecule has 1 aliphatic heterocycles. The quantitative estimate of drug-likeness (QED) is 0.806. The Morgan fingerprint density at radius 2 is 1.61 bits per heavy atom. The molecule has 1 saturated carbocycles. The first kappa shape index (κ1) is 18.9. The number of rotatable bonds is 7. The van der Waals surface area contributed by atoms with Crippen molar-refractivity contribution in [3.05, 3.63) is 77.9 Å². The van der Waals surface area contributed by atoms with Gasteiger partial charge in [0.25, 0.3) is 0 Å². The molecule has 1 atom stereocenters. The summed E-state index contributed by atoms with van der Waals surface area (Å²) in [7, 11) is 0.